The van der Waals surface area contributed by atoms with Gasteiger partial charge in [-0.2, -0.15) is 0 Å². The van der Waals surface area contributed by atoms with E-state index in [0.29, 0.717) is 29.2 Å². The van der Waals surface area contributed by atoms with E-state index in [4.69, 9.17) is 13.8 Å². The number of fused-ring (bicyclic) bond motifs is 5. The van der Waals surface area contributed by atoms with Gasteiger partial charge in [-0.3, -0.25) is 0 Å². The monoisotopic (exact) mass is 834 g/mol. The molecule has 0 unspecified atom stereocenters. The van der Waals surface area contributed by atoms with Gasteiger partial charge in [0.15, 0.2) is 16.7 Å². The summed E-state index contributed by atoms with van der Waals surface area (Å²) in [5.74, 6) is 2.07. The SMILES string of the molecule is CC(C)c1cc[c-]c(-c2cc(C(C)C)ccn2)c1.CC(C)c1ccnc(-c2[c-]ccc3c2oc2c3ccc3oc(-c4ccccc4)nc32)c1.[Ir]. The third-order valence-corrected chi connectivity index (χ3v) is 8.90. The van der Waals surface area contributed by atoms with Crippen LogP contribution in [-0.4, -0.2) is 15.0 Å². The number of hydrogen-bond donors (Lipinski definition) is 0. The molecule has 0 aliphatic heterocycles. The van der Waals surface area contributed by atoms with Gasteiger partial charge in [0.05, 0.1) is 5.58 Å². The number of nitrogens with zero attached hydrogens (tertiary/aromatic N) is 3. The fraction of sp³-hybridized carbons (Fsp3) is 0.205. The zero-order valence-corrected chi connectivity index (χ0v) is 31.5. The maximum Gasteiger partial charge on any atom is 0.227 e. The predicted octanol–water partition coefficient (Wildman–Crippen LogP) is 12.2. The molecule has 253 valence electrons. The van der Waals surface area contributed by atoms with Crippen molar-refractivity contribution in [2.75, 3.05) is 0 Å². The molecule has 0 spiro atoms. The molecule has 0 N–H and O–H groups in total. The quantitative estimate of drug-likeness (QED) is 0.156. The molecule has 0 atom stereocenters. The van der Waals surface area contributed by atoms with E-state index in [1.807, 2.05) is 73.1 Å². The smallest absolute Gasteiger partial charge is 0.227 e. The Bertz CT molecular complexity index is 2340. The van der Waals surface area contributed by atoms with Crippen LogP contribution < -0.4 is 0 Å². The molecule has 0 saturated heterocycles. The molecule has 8 aromatic rings. The third-order valence-electron chi connectivity index (χ3n) is 8.90. The summed E-state index contributed by atoms with van der Waals surface area (Å²) in [5.41, 5.74) is 11.6. The average molecular weight is 834 g/mol. The van der Waals surface area contributed by atoms with E-state index in [1.54, 1.807) is 0 Å². The number of furan rings is 1. The minimum atomic E-state index is 0. The average Bonchev–Trinajstić information content (AvgIpc) is 3.75. The van der Waals surface area contributed by atoms with Crippen LogP contribution in [0.15, 0.2) is 118 Å². The van der Waals surface area contributed by atoms with Gasteiger partial charge in [-0.05, 0) is 65.5 Å². The van der Waals surface area contributed by atoms with Gasteiger partial charge < -0.3 is 18.8 Å². The zero-order valence-electron chi connectivity index (χ0n) is 29.1. The molecule has 8 rings (SSSR count). The van der Waals surface area contributed by atoms with Crippen molar-refractivity contribution < 1.29 is 28.9 Å². The molecule has 0 aliphatic rings. The minimum Gasteiger partial charge on any atom is -0.498 e. The molecule has 0 fully saturated rings. The first kappa shape index (κ1) is 34.9. The number of oxazole rings is 1. The van der Waals surface area contributed by atoms with Crippen LogP contribution in [0.4, 0.5) is 0 Å². The molecule has 0 amide bonds. The predicted molar refractivity (Wildman–Crippen MR) is 200 cm³/mol. The molecule has 50 heavy (non-hydrogen) atoms. The summed E-state index contributed by atoms with van der Waals surface area (Å²) in [6.45, 7) is 13.2. The van der Waals surface area contributed by atoms with Gasteiger partial charge >= 0.3 is 0 Å². The number of benzene rings is 4. The van der Waals surface area contributed by atoms with E-state index in [9.17, 15) is 0 Å². The topological polar surface area (TPSA) is 65.0 Å². The summed E-state index contributed by atoms with van der Waals surface area (Å²) in [4.78, 5) is 13.8. The first-order valence-corrected chi connectivity index (χ1v) is 16.9. The summed E-state index contributed by atoms with van der Waals surface area (Å²) in [6, 6.07) is 39.2. The standard InChI is InChI=1S/C27H19N2O2.C17H20N.Ir/c1-16(2)18-13-14-28-22(15-18)21-10-6-9-19-20-11-12-23-24(26(20)31-25(19)21)29-27(30-23)17-7-4-3-5-8-17;1-12(2)14-6-5-7-16(10-14)17-11-15(13(3)4)8-9-18-17;/h3-9,11-16H,1-2H3;5-6,8-13H,1-4H3;/q2*-1;. The number of pyridine rings is 2. The molecular weight excluding hydrogens is 795 g/mol. The Morgan fingerprint density at radius 3 is 1.90 bits per heavy atom. The Morgan fingerprint density at radius 2 is 1.20 bits per heavy atom. The van der Waals surface area contributed by atoms with Crippen molar-refractivity contribution in [3.63, 3.8) is 0 Å². The van der Waals surface area contributed by atoms with Crippen molar-refractivity contribution in [1.29, 1.82) is 0 Å². The van der Waals surface area contributed by atoms with Gasteiger partial charge in [-0.15, -0.1) is 53.6 Å². The van der Waals surface area contributed by atoms with Crippen LogP contribution in [0.2, 0.25) is 0 Å². The van der Waals surface area contributed by atoms with Gasteiger partial charge in [-0.1, -0.05) is 94.0 Å². The maximum absolute atomic E-state index is 6.41. The number of hydrogen-bond acceptors (Lipinski definition) is 5. The van der Waals surface area contributed by atoms with Crippen LogP contribution in [0.1, 0.15) is 76.0 Å². The minimum absolute atomic E-state index is 0. The Morgan fingerprint density at radius 1 is 0.580 bits per heavy atom. The number of rotatable bonds is 6. The first-order chi connectivity index (χ1) is 23.8. The van der Waals surface area contributed by atoms with Gasteiger partial charge in [0.25, 0.3) is 0 Å². The van der Waals surface area contributed by atoms with Crippen molar-refractivity contribution in [2.45, 2.75) is 59.3 Å². The van der Waals surface area contributed by atoms with Crippen LogP contribution in [-0.2, 0) is 20.1 Å². The van der Waals surface area contributed by atoms with Crippen molar-refractivity contribution in [1.82, 2.24) is 15.0 Å². The number of aromatic nitrogens is 3. The summed E-state index contributed by atoms with van der Waals surface area (Å²) in [7, 11) is 0. The van der Waals surface area contributed by atoms with Crippen LogP contribution >= 0.6 is 0 Å². The van der Waals surface area contributed by atoms with E-state index in [2.05, 4.69) is 100 Å². The van der Waals surface area contributed by atoms with Gasteiger partial charge in [0.2, 0.25) is 5.89 Å². The summed E-state index contributed by atoms with van der Waals surface area (Å²) >= 11 is 0. The van der Waals surface area contributed by atoms with E-state index < -0.39 is 0 Å². The Hall–Kier alpha value is -4.90. The Balaban J connectivity index is 0.000000196. The van der Waals surface area contributed by atoms with Gasteiger partial charge in [0.1, 0.15) is 0 Å². The summed E-state index contributed by atoms with van der Waals surface area (Å²) < 4.78 is 12.4. The molecule has 6 heteroatoms. The van der Waals surface area contributed by atoms with Crippen LogP contribution in [0.5, 0.6) is 0 Å². The van der Waals surface area contributed by atoms with Crippen LogP contribution in [0.25, 0.3) is 67.0 Å². The Labute approximate surface area is 307 Å². The molecule has 1 radical (unpaired) electrons. The molecule has 5 nitrogen and oxygen atoms in total. The van der Waals surface area contributed by atoms with E-state index in [-0.39, 0.29) is 20.1 Å². The second-order valence-corrected chi connectivity index (χ2v) is 13.3. The van der Waals surface area contributed by atoms with Crippen molar-refractivity contribution in [3.05, 3.63) is 138 Å². The van der Waals surface area contributed by atoms with E-state index in [0.717, 1.165) is 55.5 Å². The molecular formula is C44H39IrN3O2-2. The van der Waals surface area contributed by atoms with Gasteiger partial charge in [-0.25, -0.2) is 4.98 Å². The molecule has 0 bridgehead atoms. The normalized spacial score (nSPS) is 11.4. The van der Waals surface area contributed by atoms with E-state index in [1.165, 1.54) is 16.7 Å². The molecule has 4 aromatic carbocycles. The van der Waals surface area contributed by atoms with E-state index >= 15 is 0 Å². The fourth-order valence-electron chi connectivity index (χ4n) is 5.97. The molecule has 4 heterocycles. The van der Waals surface area contributed by atoms with Crippen LogP contribution in [0, 0.1) is 12.1 Å². The summed E-state index contributed by atoms with van der Waals surface area (Å²) in [6.07, 6.45) is 3.74. The summed E-state index contributed by atoms with van der Waals surface area (Å²) in [5, 5.41) is 2.03. The maximum atomic E-state index is 6.41. The van der Waals surface area contributed by atoms with Crippen molar-refractivity contribution >= 4 is 33.0 Å². The van der Waals surface area contributed by atoms with Gasteiger partial charge in [0, 0.05) is 43.4 Å². The third kappa shape index (κ3) is 7.05. The fourth-order valence-corrected chi connectivity index (χ4v) is 5.97. The molecule has 0 aliphatic carbocycles. The molecule has 0 saturated carbocycles. The van der Waals surface area contributed by atoms with Crippen LogP contribution in [0.3, 0.4) is 0 Å². The van der Waals surface area contributed by atoms with Crippen molar-refractivity contribution in [2.24, 2.45) is 0 Å². The Kier molecular flexibility index (Phi) is 10.4. The second kappa shape index (κ2) is 14.9. The van der Waals surface area contributed by atoms with Crippen molar-refractivity contribution in [3.8, 4) is 34.0 Å². The molecule has 4 aromatic heterocycles. The second-order valence-electron chi connectivity index (χ2n) is 13.3. The zero-order chi connectivity index (χ0) is 34.1. The largest absolute Gasteiger partial charge is 0.498 e. The first-order valence-electron chi connectivity index (χ1n) is 16.9.